The number of amides is 1. The van der Waals surface area contributed by atoms with E-state index in [9.17, 15) is 4.79 Å². The minimum atomic E-state index is 0.0106. The van der Waals surface area contributed by atoms with Crippen LogP contribution in [0, 0.1) is 6.92 Å². The smallest absolute Gasteiger partial charge is 0.258 e. The summed E-state index contributed by atoms with van der Waals surface area (Å²) in [5.41, 5.74) is 4.80. The Morgan fingerprint density at radius 2 is 1.76 bits per heavy atom. The van der Waals surface area contributed by atoms with E-state index in [1.807, 2.05) is 48.2 Å². The number of aryl methyl sites for hydroxylation is 1. The van der Waals surface area contributed by atoms with E-state index < -0.39 is 0 Å². The Morgan fingerprint density at radius 3 is 2.47 bits per heavy atom. The summed E-state index contributed by atoms with van der Waals surface area (Å²) in [7, 11) is 3.92. The van der Waals surface area contributed by atoms with Crippen molar-refractivity contribution in [2.45, 2.75) is 39.3 Å². The molecule has 2 atom stereocenters. The van der Waals surface area contributed by atoms with Gasteiger partial charge in [-0.05, 0) is 61.9 Å². The maximum absolute atomic E-state index is 14.1. The van der Waals surface area contributed by atoms with E-state index in [0.717, 1.165) is 58.5 Å². The monoisotopic (exact) mass is 510 g/mol. The Kier molecular flexibility index (Phi) is 6.11. The molecule has 1 aromatic heterocycles. The number of benzene rings is 3. The average molecular weight is 511 g/mol. The van der Waals surface area contributed by atoms with Gasteiger partial charge in [-0.1, -0.05) is 30.3 Å². The number of hydrogen-bond acceptors (Lipinski definition) is 6. The topological polar surface area (TPSA) is 62.1 Å². The van der Waals surface area contributed by atoms with Crippen molar-refractivity contribution in [1.29, 1.82) is 0 Å². The Morgan fingerprint density at radius 1 is 1.03 bits per heavy atom. The number of oxazole rings is 1. The van der Waals surface area contributed by atoms with Gasteiger partial charge in [0.2, 0.25) is 0 Å². The molecule has 3 aromatic carbocycles. The lowest BCUT2D eigenvalue weighted by atomic mass is 9.98. The molecule has 2 aliphatic rings. The van der Waals surface area contributed by atoms with Crippen molar-refractivity contribution in [2.24, 2.45) is 0 Å². The second kappa shape index (κ2) is 9.48. The molecule has 1 saturated heterocycles. The number of methoxy groups -OCH3 is 1. The van der Waals surface area contributed by atoms with E-state index in [1.54, 1.807) is 13.3 Å². The number of nitrogens with zero attached hydrogens (tertiary/aromatic N) is 4. The molecule has 4 aromatic rings. The summed E-state index contributed by atoms with van der Waals surface area (Å²) in [5, 5.41) is 1.89. The van der Waals surface area contributed by atoms with Gasteiger partial charge in [0.15, 0.2) is 11.7 Å². The number of likely N-dealkylation sites (N-methyl/N-ethyl adjacent to an activating group) is 1. The van der Waals surface area contributed by atoms with Gasteiger partial charge in [0.25, 0.3) is 5.91 Å². The summed E-state index contributed by atoms with van der Waals surface area (Å²) in [5.74, 6) is 2.21. The highest BCUT2D eigenvalue weighted by atomic mass is 16.5. The third kappa shape index (κ3) is 4.02. The average Bonchev–Trinajstić information content (AvgIpc) is 3.55. The van der Waals surface area contributed by atoms with Crippen molar-refractivity contribution in [3.63, 3.8) is 0 Å². The number of anilines is 2. The Bertz CT molecular complexity index is 1520. The normalized spacial score (nSPS) is 19.7. The lowest BCUT2D eigenvalue weighted by Gasteiger charge is -2.44. The molecule has 0 saturated carbocycles. The van der Waals surface area contributed by atoms with Crippen molar-refractivity contribution >= 4 is 28.1 Å². The Hall–Kier alpha value is -3.84. The third-order valence-electron chi connectivity index (χ3n) is 8.26. The van der Waals surface area contributed by atoms with Crippen molar-refractivity contribution < 1.29 is 13.9 Å². The summed E-state index contributed by atoms with van der Waals surface area (Å²) in [4.78, 5) is 25.1. The zero-order valence-electron chi connectivity index (χ0n) is 22.7. The van der Waals surface area contributed by atoms with Gasteiger partial charge in [0, 0.05) is 55.5 Å². The number of fused-ring (bicyclic) bond motifs is 2. The fourth-order valence-electron chi connectivity index (χ4n) is 5.97. The molecular formula is C31H34N4O3. The molecule has 0 N–H and O–H groups in total. The quantitative estimate of drug-likeness (QED) is 0.359. The van der Waals surface area contributed by atoms with Crippen LogP contribution in [0.5, 0.6) is 5.75 Å². The molecule has 0 bridgehead atoms. The van der Waals surface area contributed by atoms with Crippen LogP contribution in [0.15, 0.2) is 59.1 Å². The summed E-state index contributed by atoms with van der Waals surface area (Å²) in [6.45, 7) is 8.82. The van der Waals surface area contributed by atoms with Crippen LogP contribution >= 0.6 is 0 Å². The molecule has 196 valence electrons. The Labute approximate surface area is 223 Å². The van der Waals surface area contributed by atoms with Crippen LogP contribution in [-0.4, -0.2) is 61.7 Å². The first kappa shape index (κ1) is 24.5. The molecule has 6 rings (SSSR count). The number of ether oxygens (including phenoxy) is 1. The van der Waals surface area contributed by atoms with Gasteiger partial charge in [-0.25, -0.2) is 4.98 Å². The van der Waals surface area contributed by atoms with Gasteiger partial charge in [0.05, 0.1) is 19.0 Å². The molecule has 3 heterocycles. The van der Waals surface area contributed by atoms with Crippen LogP contribution in [0.2, 0.25) is 0 Å². The van der Waals surface area contributed by atoms with Crippen molar-refractivity contribution in [3.8, 4) is 17.1 Å². The molecule has 2 unspecified atom stereocenters. The van der Waals surface area contributed by atoms with Gasteiger partial charge in [0.1, 0.15) is 5.75 Å². The molecule has 38 heavy (non-hydrogen) atoms. The third-order valence-corrected chi connectivity index (χ3v) is 8.26. The first-order chi connectivity index (χ1) is 18.4. The highest BCUT2D eigenvalue weighted by Crippen LogP contribution is 2.41. The van der Waals surface area contributed by atoms with E-state index in [0.29, 0.717) is 35.8 Å². The highest BCUT2D eigenvalue weighted by molar-refractivity contribution is 6.16. The largest absolute Gasteiger partial charge is 0.495 e. The summed E-state index contributed by atoms with van der Waals surface area (Å²) >= 11 is 0. The van der Waals surface area contributed by atoms with Gasteiger partial charge >= 0.3 is 0 Å². The molecule has 7 heteroatoms. The fourth-order valence-corrected chi connectivity index (χ4v) is 5.97. The van der Waals surface area contributed by atoms with Crippen LogP contribution < -0.4 is 14.5 Å². The number of aromatic nitrogens is 1. The van der Waals surface area contributed by atoms with E-state index in [4.69, 9.17) is 9.15 Å². The minimum Gasteiger partial charge on any atom is -0.495 e. The lowest BCUT2D eigenvalue weighted by molar-refractivity contribution is 0.0991. The van der Waals surface area contributed by atoms with Gasteiger partial charge in [-0.15, -0.1) is 0 Å². The van der Waals surface area contributed by atoms with Gasteiger partial charge in [-0.3, -0.25) is 9.69 Å². The molecule has 1 amide bonds. The summed E-state index contributed by atoms with van der Waals surface area (Å²) in [6.07, 6.45) is 2.55. The van der Waals surface area contributed by atoms with E-state index >= 15 is 0 Å². The van der Waals surface area contributed by atoms with E-state index in [-0.39, 0.29) is 5.91 Å². The summed E-state index contributed by atoms with van der Waals surface area (Å²) < 4.78 is 11.7. The maximum atomic E-state index is 14.1. The molecule has 0 radical (unpaired) electrons. The van der Waals surface area contributed by atoms with Crippen LogP contribution in [0.25, 0.3) is 22.1 Å². The van der Waals surface area contributed by atoms with Crippen molar-refractivity contribution in [2.75, 3.05) is 43.6 Å². The van der Waals surface area contributed by atoms with Crippen LogP contribution in [-0.2, 0) is 6.42 Å². The minimum absolute atomic E-state index is 0.0106. The van der Waals surface area contributed by atoms with Gasteiger partial charge < -0.3 is 19.0 Å². The second-order valence-corrected chi connectivity index (χ2v) is 10.6. The zero-order chi connectivity index (χ0) is 26.6. The maximum Gasteiger partial charge on any atom is 0.258 e. The number of carbonyl (C=O) groups is 1. The van der Waals surface area contributed by atoms with Crippen molar-refractivity contribution in [1.82, 2.24) is 9.88 Å². The van der Waals surface area contributed by atoms with Crippen LogP contribution in [0.1, 0.15) is 35.7 Å². The SMILES string of the molecule is COc1cc2c(cc1N1CC(C)N(C)C(C)C1)N(C(=O)c1cccc3c(-c4cnc(C)o4)cccc13)CC2. The standard InChI is InChI=1S/C31H34N4O3/c1-19-17-34(18-20(2)33(19)4)28-15-27-22(14-29(28)37-5)12-13-35(27)31(36)26-11-7-8-23-24(26)9-6-10-25(23)30-16-32-21(3)38-30/h6-11,14-16,19-20H,12-13,17-18H2,1-5H3. The highest BCUT2D eigenvalue weighted by Gasteiger charge is 2.32. The molecule has 1 fully saturated rings. The molecule has 0 aliphatic carbocycles. The predicted molar refractivity (Wildman–Crippen MR) is 151 cm³/mol. The van der Waals surface area contributed by atoms with E-state index in [1.165, 1.54) is 0 Å². The summed E-state index contributed by atoms with van der Waals surface area (Å²) in [6, 6.07) is 17.0. The first-order valence-electron chi connectivity index (χ1n) is 13.3. The lowest BCUT2D eigenvalue weighted by Crippen LogP contribution is -2.55. The molecule has 7 nitrogen and oxygen atoms in total. The van der Waals surface area contributed by atoms with E-state index in [2.05, 4.69) is 47.8 Å². The fraction of sp³-hybridized carbons (Fsp3) is 0.355. The second-order valence-electron chi connectivity index (χ2n) is 10.6. The molecule has 0 spiro atoms. The number of piperazine rings is 1. The van der Waals surface area contributed by atoms with Crippen LogP contribution in [0.4, 0.5) is 11.4 Å². The molecule has 2 aliphatic heterocycles. The predicted octanol–water partition coefficient (Wildman–Crippen LogP) is 5.54. The number of hydrogen-bond donors (Lipinski definition) is 0. The van der Waals surface area contributed by atoms with Crippen molar-refractivity contribution in [3.05, 3.63) is 71.7 Å². The molecular weight excluding hydrogens is 476 g/mol. The van der Waals surface area contributed by atoms with Gasteiger partial charge in [-0.2, -0.15) is 0 Å². The number of carbonyl (C=O) groups excluding carboxylic acids is 1. The number of rotatable bonds is 4. The zero-order valence-corrected chi connectivity index (χ0v) is 22.7. The Balaban J connectivity index is 1.39. The van der Waals surface area contributed by atoms with Crippen LogP contribution in [0.3, 0.4) is 0 Å². The first-order valence-corrected chi connectivity index (χ1v) is 13.3.